The number of carbonyl (C=O) groups excluding carboxylic acids is 2. The summed E-state index contributed by atoms with van der Waals surface area (Å²) in [5.41, 5.74) is 3.24. The number of alkyl carbamates (subject to hydrolysis) is 1. The molecule has 4 aliphatic rings. The Morgan fingerprint density at radius 3 is 2.61 bits per heavy atom. The number of allylic oxidation sites excluding steroid dienone is 1. The van der Waals surface area contributed by atoms with E-state index in [0.717, 1.165) is 60.5 Å². The molecule has 2 amide bonds. The summed E-state index contributed by atoms with van der Waals surface area (Å²) in [7, 11) is 0. The van der Waals surface area contributed by atoms with Crippen molar-refractivity contribution in [1.29, 1.82) is 0 Å². The number of carbonyl (C=O) groups is 2. The standard InChI is InChI=1S/C38H59N3O3/c1-26(2)9-8-10-27(3)32-14-15-33-31-13-12-28-25-30(16-20-37(28,4)34(31)17-21-38(32,33)5)44-36(43)41-24-19-35(42)40-23-18-29-11-6-7-22-39-29/h6-7,11-12,22,26-27,30-34H,8-10,13-21,23-25H2,1-5H3,(H,40,42)(H,41,43)/t27-,30?,31+,32-,33+,34+,37+,38-/m1/s1. The molecule has 6 heteroatoms. The van der Waals surface area contributed by atoms with Crippen LogP contribution in [0.25, 0.3) is 0 Å². The first-order chi connectivity index (χ1) is 21.1. The maximum atomic E-state index is 12.6. The Morgan fingerprint density at radius 1 is 1.00 bits per heavy atom. The predicted molar refractivity (Wildman–Crippen MR) is 177 cm³/mol. The van der Waals surface area contributed by atoms with E-state index in [4.69, 9.17) is 4.74 Å². The van der Waals surface area contributed by atoms with Crippen LogP contribution in [0.2, 0.25) is 0 Å². The van der Waals surface area contributed by atoms with E-state index in [0.29, 0.717) is 18.4 Å². The fourth-order valence-corrected chi connectivity index (χ4v) is 10.2. The molecule has 44 heavy (non-hydrogen) atoms. The minimum atomic E-state index is -0.401. The number of fused-ring (bicyclic) bond motifs is 5. The van der Waals surface area contributed by atoms with Crippen molar-refractivity contribution in [2.45, 2.75) is 124 Å². The summed E-state index contributed by atoms with van der Waals surface area (Å²) in [4.78, 5) is 29.1. The number of pyridine rings is 1. The molecule has 0 aromatic carbocycles. The van der Waals surface area contributed by atoms with Crippen molar-refractivity contribution in [3.8, 4) is 0 Å². The number of amides is 2. The summed E-state index contributed by atoms with van der Waals surface area (Å²) < 4.78 is 5.88. The van der Waals surface area contributed by atoms with Gasteiger partial charge >= 0.3 is 6.09 Å². The lowest BCUT2D eigenvalue weighted by Crippen LogP contribution is -2.51. The van der Waals surface area contributed by atoms with Crippen LogP contribution in [0.1, 0.15) is 117 Å². The van der Waals surface area contributed by atoms with Crippen LogP contribution in [-0.4, -0.2) is 36.2 Å². The summed E-state index contributed by atoms with van der Waals surface area (Å²) in [6.07, 6.45) is 18.6. The van der Waals surface area contributed by atoms with Crippen LogP contribution in [0.15, 0.2) is 36.0 Å². The van der Waals surface area contributed by atoms with E-state index >= 15 is 0 Å². The Bertz CT molecular complexity index is 1150. The molecule has 3 saturated carbocycles. The molecule has 0 saturated heterocycles. The van der Waals surface area contributed by atoms with Gasteiger partial charge in [-0.25, -0.2) is 4.79 Å². The van der Waals surface area contributed by atoms with E-state index in [-0.39, 0.29) is 30.4 Å². The topological polar surface area (TPSA) is 80.3 Å². The van der Waals surface area contributed by atoms with E-state index in [1.165, 1.54) is 56.9 Å². The Balaban J connectivity index is 1.07. The largest absolute Gasteiger partial charge is 0.446 e. The average Bonchev–Trinajstić information content (AvgIpc) is 3.35. The van der Waals surface area contributed by atoms with E-state index < -0.39 is 6.09 Å². The monoisotopic (exact) mass is 605 g/mol. The Hall–Kier alpha value is -2.37. The number of ether oxygens (including phenoxy) is 1. The van der Waals surface area contributed by atoms with Crippen molar-refractivity contribution < 1.29 is 14.3 Å². The molecule has 6 nitrogen and oxygen atoms in total. The molecule has 1 aromatic heterocycles. The number of hydrogen-bond acceptors (Lipinski definition) is 4. The van der Waals surface area contributed by atoms with Gasteiger partial charge in [-0.1, -0.05) is 71.6 Å². The van der Waals surface area contributed by atoms with E-state index in [1.54, 1.807) is 6.20 Å². The van der Waals surface area contributed by atoms with Crippen molar-refractivity contribution in [3.05, 3.63) is 41.7 Å². The third kappa shape index (κ3) is 7.36. The third-order valence-corrected chi connectivity index (χ3v) is 12.6. The van der Waals surface area contributed by atoms with Gasteiger partial charge in [0, 0.05) is 44.2 Å². The first kappa shape index (κ1) is 33.0. The molecule has 244 valence electrons. The summed E-state index contributed by atoms with van der Waals surface area (Å²) >= 11 is 0. The van der Waals surface area contributed by atoms with E-state index in [1.807, 2.05) is 18.2 Å². The maximum Gasteiger partial charge on any atom is 0.407 e. The summed E-state index contributed by atoms with van der Waals surface area (Å²) in [6.45, 7) is 13.3. The molecule has 5 rings (SSSR count). The lowest BCUT2D eigenvalue weighted by atomic mass is 9.47. The molecule has 3 fully saturated rings. The molecular formula is C38H59N3O3. The average molecular weight is 606 g/mol. The van der Waals surface area contributed by atoms with Crippen LogP contribution in [-0.2, 0) is 16.0 Å². The van der Waals surface area contributed by atoms with Gasteiger partial charge in [-0.3, -0.25) is 9.78 Å². The van der Waals surface area contributed by atoms with Crippen LogP contribution in [0.5, 0.6) is 0 Å². The fraction of sp³-hybridized carbons (Fsp3) is 0.763. The molecule has 8 atom stereocenters. The van der Waals surface area contributed by atoms with Gasteiger partial charge in [0.1, 0.15) is 6.10 Å². The fourth-order valence-electron chi connectivity index (χ4n) is 10.2. The molecule has 0 radical (unpaired) electrons. The molecule has 0 spiro atoms. The first-order valence-electron chi connectivity index (χ1n) is 17.9. The molecule has 1 aromatic rings. The van der Waals surface area contributed by atoms with Gasteiger partial charge < -0.3 is 15.4 Å². The van der Waals surface area contributed by atoms with Crippen LogP contribution >= 0.6 is 0 Å². The molecule has 4 aliphatic carbocycles. The van der Waals surface area contributed by atoms with Gasteiger partial charge in [0.2, 0.25) is 5.91 Å². The third-order valence-electron chi connectivity index (χ3n) is 12.6. The van der Waals surface area contributed by atoms with Gasteiger partial charge in [-0.15, -0.1) is 0 Å². The Kier molecular flexibility index (Phi) is 10.8. The summed E-state index contributed by atoms with van der Waals surface area (Å²) in [5.74, 6) is 4.91. The number of rotatable bonds is 12. The maximum absolute atomic E-state index is 12.6. The van der Waals surface area contributed by atoms with Crippen LogP contribution in [0.4, 0.5) is 4.79 Å². The lowest BCUT2D eigenvalue weighted by Gasteiger charge is -2.58. The van der Waals surface area contributed by atoms with Crippen LogP contribution < -0.4 is 10.6 Å². The second-order valence-corrected chi connectivity index (χ2v) is 15.7. The highest BCUT2D eigenvalue weighted by atomic mass is 16.6. The van der Waals surface area contributed by atoms with Crippen molar-refractivity contribution >= 4 is 12.0 Å². The predicted octanol–water partition coefficient (Wildman–Crippen LogP) is 8.27. The highest BCUT2D eigenvalue weighted by Crippen LogP contribution is 2.67. The molecule has 2 N–H and O–H groups in total. The number of hydrogen-bond donors (Lipinski definition) is 2. The second-order valence-electron chi connectivity index (χ2n) is 15.7. The number of nitrogens with zero attached hydrogens (tertiary/aromatic N) is 1. The van der Waals surface area contributed by atoms with Crippen LogP contribution in [0, 0.1) is 46.3 Å². The van der Waals surface area contributed by atoms with Gasteiger partial charge in [-0.2, -0.15) is 0 Å². The summed E-state index contributed by atoms with van der Waals surface area (Å²) in [5, 5.41) is 5.70. The van der Waals surface area contributed by atoms with Gasteiger partial charge in [0.25, 0.3) is 0 Å². The second kappa shape index (κ2) is 14.4. The Morgan fingerprint density at radius 2 is 1.84 bits per heavy atom. The lowest BCUT2D eigenvalue weighted by molar-refractivity contribution is -0.120. The highest BCUT2D eigenvalue weighted by molar-refractivity contribution is 5.77. The molecule has 1 unspecified atom stereocenters. The SMILES string of the molecule is CC(C)CCC[C@@H](C)[C@H]1CC[C@H]2[C@@H]3CC=C4CC(OC(=O)NCCC(=O)NCCc5ccccn5)CC[C@]4(C)[C@H]3CC[C@]12C. The van der Waals surface area contributed by atoms with Gasteiger partial charge in [0.15, 0.2) is 0 Å². The van der Waals surface area contributed by atoms with Crippen molar-refractivity contribution in [3.63, 3.8) is 0 Å². The normalized spacial score (nSPS) is 33.4. The minimum absolute atomic E-state index is 0.0746. The van der Waals surface area contributed by atoms with Crippen molar-refractivity contribution in [2.24, 2.45) is 46.3 Å². The van der Waals surface area contributed by atoms with E-state index in [9.17, 15) is 9.59 Å². The zero-order valence-corrected chi connectivity index (χ0v) is 28.2. The summed E-state index contributed by atoms with van der Waals surface area (Å²) in [6, 6.07) is 5.78. The molecule has 1 heterocycles. The zero-order valence-electron chi connectivity index (χ0n) is 28.2. The zero-order chi connectivity index (χ0) is 31.3. The van der Waals surface area contributed by atoms with Crippen molar-refractivity contribution in [2.75, 3.05) is 13.1 Å². The Labute approximate surface area is 267 Å². The quantitative estimate of drug-likeness (QED) is 0.235. The minimum Gasteiger partial charge on any atom is -0.446 e. The molecule has 0 bridgehead atoms. The van der Waals surface area contributed by atoms with Gasteiger partial charge in [-0.05, 0) is 103 Å². The van der Waals surface area contributed by atoms with Gasteiger partial charge in [0.05, 0.1) is 0 Å². The van der Waals surface area contributed by atoms with Crippen LogP contribution in [0.3, 0.4) is 0 Å². The number of aromatic nitrogens is 1. The van der Waals surface area contributed by atoms with E-state index in [2.05, 4.69) is 56.3 Å². The molecule has 0 aliphatic heterocycles. The number of nitrogens with one attached hydrogen (secondary N) is 2. The van der Waals surface area contributed by atoms with Crippen molar-refractivity contribution in [1.82, 2.24) is 15.6 Å². The molecular weight excluding hydrogens is 546 g/mol. The smallest absolute Gasteiger partial charge is 0.407 e. The highest BCUT2D eigenvalue weighted by Gasteiger charge is 2.59. The first-order valence-corrected chi connectivity index (χ1v) is 17.9.